The van der Waals surface area contributed by atoms with Gasteiger partial charge in [0.2, 0.25) is 5.91 Å². The summed E-state index contributed by atoms with van der Waals surface area (Å²) >= 11 is 0. The number of nitrogens with zero attached hydrogens (tertiary/aromatic N) is 2. The largest absolute Gasteiger partial charge is 0.497 e. The topological polar surface area (TPSA) is 54.0 Å². The van der Waals surface area contributed by atoms with E-state index in [9.17, 15) is 4.79 Å². The summed E-state index contributed by atoms with van der Waals surface area (Å²) < 4.78 is 10.8. The Labute approximate surface area is 161 Å². The highest BCUT2D eigenvalue weighted by Crippen LogP contribution is 2.59. The number of carbonyl (C=O) groups is 1. The van der Waals surface area contributed by atoms with Crippen molar-refractivity contribution in [2.24, 2.45) is 11.3 Å². The first-order chi connectivity index (χ1) is 13.1. The van der Waals surface area contributed by atoms with Crippen LogP contribution in [0.5, 0.6) is 11.5 Å². The van der Waals surface area contributed by atoms with E-state index in [1.54, 1.807) is 14.2 Å². The average Bonchev–Trinajstić information content (AvgIpc) is 3.41. The molecule has 1 saturated carbocycles. The van der Waals surface area contributed by atoms with Gasteiger partial charge >= 0.3 is 0 Å². The molecule has 0 radical (unpaired) electrons. The Morgan fingerprint density at radius 2 is 1.89 bits per heavy atom. The first kappa shape index (κ1) is 18.6. The molecule has 1 atom stereocenters. The molecule has 0 aromatic heterocycles. The van der Waals surface area contributed by atoms with E-state index in [0.29, 0.717) is 11.3 Å². The molecular formula is C21H31N3O3. The van der Waals surface area contributed by atoms with Crippen LogP contribution in [0, 0.1) is 11.3 Å². The summed E-state index contributed by atoms with van der Waals surface area (Å²) in [6, 6.07) is 5.92. The van der Waals surface area contributed by atoms with E-state index in [4.69, 9.17) is 9.47 Å². The van der Waals surface area contributed by atoms with Gasteiger partial charge in [0.05, 0.1) is 14.2 Å². The summed E-state index contributed by atoms with van der Waals surface area (Å²) in [6.45, 7) is 6.44. The van der Waals surface area contributed by atoms with Gasteiger partial charge in [-0.05, 0) is 56.0 Å². The maximum atomic E-state index is 12.9. The lowest BCUT2D eigenvalue weighted by molar-refractivity contribution is -0.135. The van der Waals surface area contributed by atoms with Gasteiger partial charge in [-0.3, -0.25) is 9.69 Å². The van der Waals surface area contributed by atoms with Gasteiger partial charge < -0.3 is 19.7 Å². The normalized spacial score (nSPS) is 24.7. The summed E-state index contributed by atoms with van der Waals surface area (Å²) in [5.41, 5.74) is 1.46. The number of piperazine rings is 1. The van der Waals surface area contributed by atoms with E-state index in [2.05, 4.69) is 15.1 Å². The lowest BCUT2D eigenvalue weighted by Gasteiger charge is -2.36. The van der Waals surface area contributed by atoms with Crippen LogP contribution in [0.1, 0.15) is 24.8 Å². The smallest absolute Gasteiger partial charge is 0.226 e. The molecule has 1 aromatic carbocycles. The van der Waals surface area contributed by atoms with Crippen molar-refractivity contribution in [3.05, 3.63) is 23.8 Å². The zero-order valence-corrected chi connectivity index (χ0v) is 16.5. The molecule has 27 heavy (non-hydrogen) atoms. The molecule has 6 heteroatoms. The second kappa shape index (κ2) is 7.68. The second-order valence-electron chi connectivity index (χ2n) is 8.15. The van der Waals surface area contributed by atoms with Crippen LogP contribution in [0.25, 0.3) is 0 Å². The number of carbonyl (C=O) groups excluding carboxylic acids is 1. The summed E-state index contributed by atoms with van der Waals surface area (Å²) in [7, 11) is 3.39. The van der Waals surface area contributed by atoms with Crippen molar-refractivity contribution in [1.29, 1.82) is 0 Å². The molecule has 1 unspecified atom stereocenters. The first-order valence-electron chi connectivity index (χ1n) is 10.1. The van der Waals surface area contributed by atoms with Gasteiger partial charge in [-0.15, -0.1) is 0 Å². The monoisotopic (exact) mass is 373 g/mol. The Hall–Kier alpha value is -1.79. The van der Waals surface area contributed by atoms with Crippen LogP contribution in [0.2, 0.25) is 0 Å². The maximum absolute atomic E-state index is 12.9. The van der Waals surface area contributed by atoms with Crippen LogP contribution >= 0.6 is 0 Å². The van der Waals surface area contributed by atoms with Gasteiger partial charge in [0.15, 0.2) is 0 Å². The van der Waals surface area contributed by atoms with Crippen molar-refractivity contribution in [3.8, 4) is 11.5 Å². The Morgan fingerprint density at radius 3 is 2.56 bits per heavy atom. The molecule has 2 heterocycles. The maximum Gasteiger partial charge on any atom is 0.226 e. The van der Waals surface area contributed by atoms with E-state index in [-0.39, 0.29) is 5.92 Å². The molecule has 1 spiro atoms. The molecule has 1 aromatic rings. The van der Waals surface area contributed by atoms with Crippen LogP contribution in [0.15, 0.2) is 18.2 Å². The molecule has 6 nitrogen and oxygen atoms in total. The van der Waals surface area contributed by atoms with Crippen LogP contribution < -0.4 is 14.8 Å². The first-order valence-corrected chi connectivity index (χ1v) is 10.1. The third-order valence-corrected chi connectivity index (χ3v) is 6.65. The highest BCUT2D eigenvalue weighted by Gasteiger charge is 2.58. The number of hydrogen-bond acceptors (Lipinski definition) is 5. The zero-order chi connectivity index (χ0) is 18.9. The fraction of sp³-hybridized carbons (Fsp3) is 0.667. The number of amides is 1. The van der Waals surface area contributed by atoms with Gasteiger partial charge in [0.25, 0.3) is 0 Å². The number of methoxy groups -OCH3 is 2. The second-order valence-corrected chi connectivity index (χ2v) is 8.15. The van der Waals surface area contributed by atoms with Crippen molar-refractivity contribution >= 4 is 5.91 Å². The third kappa shape index (κ3) is 3.78. The van der Waals surface area contributed by atoms with Crippen molar-refractivity contribution in [2.75, 3.05) is 53.5 Å². The number of piperidine rings is 1. The number of hydrogen-bond donors (Lipinski definition) is 1. The molecule has 1 amide bonds. The van der Waals surface area contributed by atoms with Gasteiger partial charge in [0, 0.05) is 44.2 Å². The van der Waals surface area contributed by atoms with Crippen LogP contribution in [0.3, 0.4) is 0 Å². The molecule has 1 aliphatic carbocycles. The molecule has 148 valence electrons. The average molecular weight is 373 g/mol. The van der Waals surface area contributed by atoms with Crippen molar-refractivity contribution in [2.45, 2.75) is 25.8 Å². The van der Waals surface area contributed by atoms with Crippen molar-refractivity contribution in [3.63, 3.8) is 0 Å². The Bertz CT molecular complexity index is 679. The fourth-order valence-corrected chi connectivity index (χ4v) is 4.77. The van der Waals surface area contributed by atoms with Crippen LogP contribution in [-0.2, 0) is 11.3 Å². The van der Waals surface area contributed by atoms with E-state index < -0.39 is 0 Å². The van der Waals surface area contributed by atoms with E-state index in [1.807, 2.05) is 18.2 Å². The van der Waals surface area contributed by atoms with E-state index in [0.717, 1.165) is 69.3 Å². The highest BCUT2D eigenvalue weighted by molar-refractivity contribution is 5.83. The quantitative estimate of drug-likeness (QED) is 0.852. The number of rotatable bonds is 5. The number of ether oxygens (including phenoxy) is 2. The van der Waals surface area contributed by atoms with Crippen molar-refractivity contribution in [1.82, 2.24) is 15.1 Å². The predicted octanol–water partition coefficient (Wildman–Crippen LogP) is 1.74. The lowest BCUT2D eigenvalue weighted by Crippen LogP contribution is -2.49. The van der Waals surface area contributed by atoms with Gasteiger partial charge in [-0.1, -0.05) is 0 Å². The molecule has 3 aliphatic rings. The molecule has 3 fully saturated rings. The van der Waals surface area contributed by atoms with Crippen LogP contribution in [-0.4, -0.2) is 69.2 Å². The van der Waals surface area contributed by atoms with Gasteiger partial charge in [-0.2, -0.15) is 0 Å². The van der Waals surface area contributed by atoms with Crippen molar-refractivity contribution < 1.29 is 14.3 Å². The standard InChI is InChI=1S/C21H31N3O3/c1-26-17-3-4-19(27-2)16(13-17)15-23-9-11-24(12-10-23)20(25)18-14-21(18)5-7-22-8-6-21/h3-4,13,18,22H,5-12,14-15H2,1-2H3. The minimum atomic E-state index is 0.282. The zero-order valence-electron chi connectivity index (χ0n) is 16.5. The third-order valence-electron chi connectivity index (χ3n) is 6.65. The molecule has 2 aliphatic heterocycles. The minimum absolute atomic E-state index is 0.282. The lowest BCUT2D eigenvalue weighted by atomic mass is 9.91. The SMILES string of the molecule is COc1ccc(OC)c(CN2CCN(C(=O)C3CC34CCNCC4)CC2)c1. The molecule has 2 saturated heterocycles. The Kier molecular flexibility index (Phi) is 5.28. The van der Waals surface area contributed by atoms with E-state index in [1.165, 1.54) is 12.8 Å². The predicted molar refractivity (Wildman–Crippen MR) is 104 cm³/mol. The summed E-state index contributed by atoms with van der Waals surface area (Å²) in [6.07, 6.45) is 3.44. The molecule has 1 N–H and O–H groups in total. The van der Waals surface area contributed by atoms with E-state index >= 15 is 0 Å². The molecule has 0 bridgehead atoms. The van der Waals surface area contributed by atoms with Crippen LogP contribution in [0.4, 0.5) is 0 Å². The molecule has 4 rings (SSSR count). The van der Waals surface area contributed by atoms with Gasteiger partial charge in [0.1, 0.15) is 11.5 Å². The number of benzene rings is 1. The summed E-state index contributed by atoms with van der Waals surface area (Å²) in [4.78, 5) is 17.4. The van der Waals surface area contributed by atoms with Gasteiger partial charge in [-0.25, -0.2) is 0 Å². The molecular weight excluding hydrogens is 342 g/mol. The highest BCUT2D eigenvalue weighted by atomic mass is 16.5. The summed E-state index contributed by atoms with van der Waals surface area (Å²) in [5.74, 6) is 2.42. The Balaban J connectivity index is 1.31. The fourth-order valence-electron chi connectivity index (χ4n) is 4.77. The number of nitrogens with one attached hydrogen (secondary N) is 1. The summed E-state index contributed by atoms with van der Waals surface area (Å²) in [5, 5.41) is 3.42. The minimum Gasteiger partial charge on any atom is -0.497 e. The Morgan fingerprint density at radius 1 is 1.15 bits per heavy atom.